The number of aromatic amines is 1. The van der Waals surface area contributed by atoms with Gasteiger partial charge >= 0.3 is 0 Å². The van der Waals surface area contributed by atoms with Crippen LogP contribution >= 0.6 is 0 Å². The quantitative estimate of drug-likeness (QED) is 0.369. The number of amides is 1. The van der Waals surface area contributed by atoms with Crippen LogP contribution < -0.4 is 5.32 Å². The molecule has 0 aliphatic rings. The van der Waals surface area contributed by atoms with Crippen molar-refractivity contribution in [1.29, 1.82) is 0 Å². The van der Waals surface area contributed by atoms with Gasteiger partial charge in [-0.05, 0) is 43.0 Å². The Morgan fingerprint density at radius 1 is 0.844 bits per heavy atom. The summed E-state index contributed by atoms with van der Waals surface area (Å²) in [4.78, 5) is 21.3. The molecule has 4 heteroatoms. The maximum Gasteiger partial charge on any atom is 0.270 e. The largest absolute Gasteiger partial charge is 0.353 e. The van der Waals surface area contributed by atoms with Crippen LogP contribution in [0, 0.1) is 6.92 Å². The van der Waals surface area contributed by atoms with Crippen LogP contribution in [0.15, 0.2) is 84.9 Å². The number of rotatable bonds is 6. The van der Waals surface area contributed by atoms with Crippen molar-refractivity contribution < 1.29 is 4.79 Å². The van der Waals surface area contributed by atoms with Crippen LogP contribution in [0.25, 0.3) is 21.8 Å². The van der Waals surface area contributed by atoms with Gasteiger partial charge in [0, 0.05) is 22.8 Å². The number of carbonyl (C=O) groups is 1. The molecule has 2 aromatic heterocycles. The fourth-order valence-electron chi connectivity index (χ4n) is 4.09. The van der Waals surface area contributed by atoms with Crippen LogP contribution in [0.5, 0.6) is 0 Å². The van der Waals surface area contributed by atoms with Gasteiger partial charge in [0.05, 0.1) is 11.2 Å². The maximum atomic E-state index is 13.0. The summed E-state index contributed by atoms with van der Waals surface area (Å²) in [6.07, 6.45) is 1.62. The molecule has 0 spiro atoms. The molecule has 0 saturated carbocycles. The third-order valence-corrected chi connectivity index (χ3v) is 5.87. The lowest BCUT2D eigenvalue weighted by atomic mass is 10.1. The minimum atomic E-state index is -0.154. The van der Waals surface area contributed by atoms with Gasteiger partial charge in [0.1, 0.15) is 5.69 Å². The summed E-state index contributed by atoms with van der Waals surface area (Å²) in [6.45, 7) is 2.53. The Hall–Kier alpha value is -3.92. The normalized spacial score (nSPS) is 11.2. The molecule has 5 aromatic rings. The fourth-order valence-corrected chi connectivity index (χ4v) is 4.09. The number of benzene rings is 3. The van der Waals surface area contributed by atoms with E-state index in [2.05, 4.69) is 65.8 Å². The van der Waals surface area contributed by atoms with Crippen molar-refractivity contribution in [3.63, 3.8) is 0 Å². The fraction of sp³-hybridized carbons (Fsp3) is 0.143. The molecular weight excluding hydrogens is 394 g/mol. The molecule has 0 bridgehead atoms. The molecule has 0 radical (unpaired) electrons. The number of carbonyl (C=O) groups excluding carboxylic acids is 1. The molecular formula is C28H25N3O. The van der Waals surface area contributed by atoms with Crippen molar-refractivity contribution in [2.75, 3.05) is 0 Å². The van der Waals surface area contributed by atoms with E-state index in [0.29, 0.717) is 12.2 Å². The molecule has 158 valence electrons. The zero-order valence-electron chi connectivity index (χ0n) is 18.1. The van der Waals surface area contributed by atoms with E-state index < -0.39 is 0 Å². The predicted octanol–water partition coefficient (Wildman–Crippen LogP) is 5.74. The number of aromatic nitrogens is 2. The molecule has 4 nitrogen and oxygen atoms in total. The summed E-state index contributed by atoms with van der Waals surface area (Å²) >= 11 is 0. The van der Waals surface area contributed by atoms with Gasteiger partial charge in [-0.25, -0.2) is 4.98 Å². The number of aryl methyl sites for hydroxylation is 3. The Bertz CT molecular complexity index is 1390. The van der Waals surface area contributed by atoms with Gasteiger partial charge in [-0.2, -0.15) is 0 Å². The van der Waals surface area contributed by atoms with Crippen molar-refractivity contribution in [1.82, 2.24) is 15.3 Å². The highest BCUT2D eigenvalue weighted by Gasteiger charge is 2.16. The molecule has 0 aliphatic carbocycles. The summed E-state index contributed by atoms with van der Waals surface area (Å²) in [5.74, 6) is -0.154. The molecule has 3 aromatic carbocycles. The molecule has 32 heavy (non-hydrogen) atoms. The minimum absolute atomic E-state index is 0.154. The third-order valence-electron chi connectivity index (χ3n) is 5.87. The standard InChI is InChI=1S/C28H25N3O/c1-19-11-13-21(14-12-19)18-29-28(32)26-17-23-22-9-5-6-10-24(22)31-27(23)25(30-26)16-15-20-7-3-2-4-8-20/h2-14,17,31H,15-16,18H2,1H3,(H,29,32). The average molecular weight is 420 g/mol. The second kappa shape index (κ2) is 8.67. The lowest BCUT2D eigenvalue weighted by Gasteiger charge is -2.09. The summed E-state index contributed by atoms with van der Waals surface area (Å²) in [5, 5.41) is 5.18. The van der Waals surface area contributed by atoms with E-state index in [1.807, 2.05) is 36.4 Å². The molecule has 2 N–H and O–H groups in total. The number of para-hydroxylation sites is 1. The van der Waals surface area contributed by atoms with Gasteiger partial charge in [-0.3, -0.25) is 4.79 Å². The van der Waals surface area contributed by atoms with E-state index >= 15 is 0 Å². The zero-order valence-corrected chi connectivity index (χ0v) is 18.1. The highest BCUT2D eigenvalue weighted by molar-refractivity contribution is 6.10. The van der Waals surface area contributed by atoms with Crippen LogP contribution in [0.1, 0.15) is 32.9 Å². The second-order valence-corrected chi connectivity index (χ2v) is 8.20. The first kappa shape index (κ1) is 20.0. The highest BCUT2D eigenvalue weighted by atomic mass is 16.1. The predicted molar refractivity (Wildman–Crippen MR) is 130 cm³/mol. The smallest absolute Gasteiger partial charge is 0.270 e. The van der Waals surface area contributed by atoms with Gasteiger partial charge in [0.15, 0.2) is 0 Å². The van der Waals surface area contributed by atoms with Crippen molar-refractivity contribution in [3.05, 3.63) is 113 Å². The lowest BCUT2D eigenvalue weighted by Crippen LogP contribution is -2.24. The number of nitrogens with zero attached hydrogens (tertiary/aromatic N) is 1. The summed E-state index contributed by atoms with van der Waals surface area (Å²) in [5.41, 5.74) is 6.98. The molecule has 1 amide bonds. The van der Waals surface area contributed by atoms with E-state index in [1.54, 1.807) is 0 Å². The SMILES string of the molecule is Cc1ccc(CNC(=O)c2cc3c([nH]c4ccccc43)c(CCc3ccccc3)n2)cc1. The van der Waals surface area contributed by atoms with Crippen LogP contribution in [0.2, 0.25) is 0 Å². The van der Waals surface area contributed by atoms with Crippen LogP contribution in [0.4, 0.5) is 0 Å². The summed E-state index contributed by atoms with van der Waals surface area (Å²) < 4.78 is 0. The first-order valence-electron chi connectivity index (χ1n) is 11.0. The number of hydrogen-bond donors (Lipinski definition) is 2. The topological polar surface area (TPSA) is 57.8 Å². The monoisotopic (exact) mass is 419 g/mol. The number of pyridine rings is 1. The van der Waals surface area contributed by atoms with E-state index in [4.69, 9.17) is 4.98 Å². The maximum absolute atomic E-state index is 13.0. The number of H-pyrrole nitrogens is 1. The van der Waals surface area contributed by atoms with Gasteiger partial charge < -0.3 is 10.3 Å². The third kappa shape index (κ3) is 4.12. The Balaban J connectivity index is 1.48. The van der Waals surface area contributed by atoms with Gasteiger partial charge in [-0.15, -0.1) is 0 Å². The highest BCUT2D eigenvalue weighted by Crippen LogP contribution is 2.28. The second-order valence-electron chi connectivity index (χ2n) is 8.20. The van der Waals surface area contributed by atoms with Crippen molar-refractivity contribution in [2.45, 2.75) is 26.3 Å². The molecule has 5 rings (SSSR count). The number of nitrogens with one attached hydrogen (secondary N) is 2. The zero-order chi connectivity index (χ0) is 21.9. The summed E-state index contributed by atoms with van der Waals surface area (Å²) in [6, 6.07) is 28.7. The minimum Gasteiger partial charge on any atom is -0.353 e. The first-order chi connectivity index (χ1) is 15.7. The Morgan fingerprint density at radius 2 is 1.59 bits per heavy atom. The van der Waals surface area contributed by atoms with Crippen LogP contribution in [0.3, 0.4) is 0 Å². The Morgan fingerprint density at radius 3 is 2.41 bits per heavy atom. The van der Waals surface area contributed by atoms with E-state index in [1.165, 1.54) is 11.1 Å². The van der Waals surface area contributed by atoms with Crippen molar-refractivity contribution in [3.8, 4) is 0 Å². The van der Waals surface area contributed by atoms with E-state index in [9.17, 15) is 4.79 Å². The average Bonchev–Trinajstić information content (AvgIpc) is 3.21. The van der Waals surface area contributed by atoms with Gasteiger partial charge in [0.25, 0.3) is 5.91 Å². The molecule has 0 atom stereocenters. The van der Waals surface area contributed by atoms with E-state index in [-0.39, 0.29) is 5.91 Å². The Kier molecular flexibility index (Phi) is 5.42. The Labute approximate surface area is 187 Å². The van der Waals surface area contributed by atoms with E-state index in [0.717, 1.165) is 45.9 Å². The molecule has 0 saturated heterocycles. The van der Waals surface area contributed by atoms with Gasteiger partial charge in [-0.1, -0.05) is 78.4 Å². The van der Waals surface area contributed by atoms with Crippen molar-refractivity contribution >= 4 is 27.7 Å². The molecule has 0 fully saturated rings. The summed E-state index contributed by atoms with van der Waals surface area (Å²) in [7, 11) is 0. The molecule has 0 unspecified atom stereocenters. The molecule has 0 aliphatic heterocycles. The van der Waals surface area contributed by atoms with Crippen LogP contribution in [-0.4, -0.2) is 15.9 Å². The number of hydrogen-bond acceptors (Lipinski definition) is 2. The number of fused-ring (bicyclic) bond motifs is 3. The first-order valence-corrected chi connectivity index (χ1v) is 11.0. The van der Waals surface area contributed by atoms with Gasteiger partial charge in [0.2, 0.25) is 0 Å². The molecule has 2 heterocycles. The van der Waals surface area contributed by atoms with Crippen molar-refractivity contribution in [2.24, 2.45) is 0 Å². The lowest BCUT2D eigenvalue weighted by molar-refractivity contribution is 0.0946. The van der Waals surface area contributed by atoms with Crippen LogP contribution in [-0.2, 0) is 19.4 Å².